The summed E-state index contributed by atoms with van der Waals surface area (Å²) in [7, 11) is 0. The molecule has 1 N–H and O–H groups in total. The van der Waals surface area contributed by atoms with Crippen LogP contribution in [-0.2, 0) is 18.5 Å². The van der Waals surface area contributed by atoms with Gasteiger partial charge in [0.15, 0.2) is 0 Å². The molecule has 0 radical (unpaired) electrons. The van der Waals surface area contributed by atoms with Crippen molar-refractivity contribution < 1.29 is 4.79 Å². The molecule has 2 amide bonds. The summed E-state index contributed by atoms with van der Waals surface area (Å²) in [6, 6.07) is 18.8. The molecule has 0 spiro atoms. The molecule has 0 atom stereocenters. The van der Waals surface area contributed by atoms with Gasteiger partial charge in [-0.1, -0.05) is 54.6 Å². The number of carbonyl (C=O) groups excluding carboxylic acids is 1. The first kappa shape index (κ1) is 13.4. The highest BCUT2D eigenvalue weighted by Gasteiger charge is 2.46. The Morgan fingerprint density at radius 2 is 1.64 bits per heavy atom. The van der Waals surface area contributed by atoms with Crippen LogP contribution in [0, 0.1) is 0 Å². The Hall–Kier alpha value is -2.29. The van der Waals surface area contributed by atoms with Crippen LogP contribution in [0.4, 0.5) is 4.79 Å². The Labute approximate surface area is 131 Å². The molecule has 3 nitrogen and oxygen atoms in total. The second-order valence-electron chi connectivity index (χ2n) is 6.32. The first-order valence-electron chi connectivity index (χ1n) is 7.96. The third-order valence-electron chi connectivity index (χ3n) is 4.84. The van der Waals surface area contributed by atoms with Crippen LogP contribution < -0.4 is 5.32 Å². The summed E-state index contributed by atoms with van der Waals surface area (Å²) in [6.07, 6.45) is 3.02. The summed E-state index contributed by atoms with van der Waals surface area (Å²) in [5, 5.41) is 3.27. The van der Waals surface area contributed by atoms with Crippen molar-refractivity contribution >= 4 is 6.03 Å². The second-order valence-corrected chi connectivity index (χ2v) is 6.32. The molecular formula is C19H20N2O. The Bertz CT molecular complexity index is 692. The summed E-state index contributed by atoms with van der Waals surface area (Å²) in [6.45, 7) is 1.51. The Morgan fingerprint density at radius 1 is 0.955 bits per heavy atom. The average Bonchev–Trinajstić information content (AvgIpc) is 3.36. The van der Waals surface area contributed by atoms with E-state index in [4.69, 9.17) is 0 Å². The SMILES string of the molecule is O=C(NC1(c2ccccc2)CC1)N1CCc2ccccc2C1. The molecule has 3 heteroatoms. The molecule has 1 heterocycles. The molecular weight excluding hydrogens is 272 g/mol. The van der Waals surface area contributed by atoms with Gasteiger partial charge in [0.1, 0.15) is 0 Å². The summed E-state index contributed by atoms with van der Waals surface area (Å²) in [5.74, 6) is 0. The van der Waals surface area contributed by atoms with Crippen LogP contribution in [-0.4, -0.2) is 17.5 Å². The van der Waals surface area contributed by atoms with Crippen LogP contribution >= 0.6 is 0 Å². The van der Waals surface area contributed by atoms with Crippen molar-refractivity contribution in [1.29, 1.82) is 0 Å². The van der Waals surface area contributed by atoms with Gasteiger partial charge < -0.3 is 10.2 Å². The van der Waals surface area contributed by atoms with E-state index in [0.29, 0.717) is 6.54 Å². The van der Waals surface area contributed by atoms with E-state index in [9.17, 15) is 4.79 Å². The third-order valence-corrected chi connectivity index (χ3v) is 4.84. The first-order chi connectivity index (χ1) is 10.8. The molecule has 0 bridgehead atoms. The number of fused-ring (bicyclic) bond motifs is 1. The molecule has 2 aliphatic rings. The zero-order chi connectivity index (χ0) is 15.0. The summed E-state index contributed by atoms with van der Waals surface area (Å²) >= 11 is 0. The van der Waals surface area contributed by atoms with E-state index >= 15 is 0 Å². The molecule has 22 heavy (non-hydrogen) atoms. The number of urea groups is 1. The van der Waals surface area contributed by atoms with Crippen LogP contribution in [0.1, 0.15) is 29.5 Å². The van der Waals surface area contributed by atoms with E-state index in [1.165, 1.54) is 16.7 Å². The van der Waals surface area contributed by atoms with Gasteiger partial charge >= 0.3 is 6.03 Å². The lowest BCUT2D eigenvalue weighted by Gasteiger charge is -2.31. The fourth-order valence-corrected chi connectivity index (χ4v) is 3.32. The summed E-state index contributed by atoms with van der Waals surface area (Å²) in [5.41, 5.74) is 3.74. The second kappa shape index (κ2) is 5.16. The fraction of sp³-hybridized carbons (Fsp3) is 0.316. The Balaban J connectivity index is 1.48. The normalized spacial score (nSPS) is 18.5. The van der Waals surface area contributed by atoms with Gasteiger partial charge in [-0.15, -0.1) is 0 Å². The molecule has 2 aromatic carbocycles. The van der Waals surface area contributed by atoms with E-state index < -0.39 is 0 Å². The highest BCUT2D eigenvalue weighted by molar-refractivity contribution is 5.76. The number of hydrogen-bond acceptors (Lipinski definition) is 1. The minimum absolute atomic E-state index is 0.0656. The largest absolute Gasteiger partial charge is 0.328 e. The summed E-state index contributed by atoms with van der Waals surface area (Å²) in [4.78, 5) is 14.6. The lowest BCUT2D eigenvalue weighted by molar-refractivity contribution is 0.187. The number of benzene rings is 2. The smallest absolute Gasteiger partial charge is 0.318 e. The molecule has 1 fully saturated rings. The van der Waals surface area contributed by atoms with Crippen molar-refractivity contribution in [1.82, 2.24) is 10.2 Å². The maximum Gasteiger partial charge on any atom is 0.318 e. The number of amides is 2. The van der Waals surface area contributed by atoms with Gasteiger partial charge in [-0.05, 0) is 36.0 Å². The van der Waals surface area contributed by atoms with Crippen LogP contribution in [0.5, 0.6) is 0 Å². The van der Waals surface area contributed by atoms with Crippen LogP contribution in [0.15, 0.2) is 54.6 Å². The minimum atomic E-state index is -0.130. The van der Waals surface area contributed by atoms with Crippen LogP contribution in [0.2, 0.25) is 0 Å². The van der Waals surface area contributed by atoms with Crippen LogP contribution in [0.25, 0.3) is 0 Å². The van der Waals surface area contributed by atoms with Crippen molar-refractivity contribution in [2.45, 2.75) is 31.3 Å². The molecule has 4 rings (SSSR count). The monoisotopic (exact) mass is 292 g/mol. The number of nitrogens with one attached hydrogen (secondary N) is 1. The average molecular weight is 292 g/mol. The van der Waals surface area contributed by atoms with Gasteiger partial charge in [-0.25, -0.2) is 4.79 Å². The van der Waals surface area contributed by atoms with Gasteiger partial charge in [0.25, 0.3) is 0 Å². The summed E-state index contributed by atoms with van der Waals surface area (Å²) < 4.78 is 0. The maximum atomic E-state index is 12.7. The first-order valence-corrected chi connectivity index (χ1v) is 7.96. The quantitative estimate of drug-likeness (QED) is 0.903. The minimum Gasteiger partial charge on any atom is -0.328 e. The predicted octanol–water partition coefficient (Wildman–Crippen LogP) is 3.44. The molecule has 0 aromatic heterocycles. The Morgan fingerprint density at radius 3 is 2.36 bits per heavy atom. The topological polar surface area (TPSA) is 32.3 Å². The zero-order valence-corrected chi connectivity index (χ0v) is 12.6. The van der Waals surface area contributed by atoms with Gasteiger partial charge in [-0.2, -0.15) is 0 Å². The highest BCUT2D eigenvalue weighted by Crippen LogP contribution is 2.45. The number of rotatable bonds is 2. The zero-order valence-electron chi connectivity index (χ0n) is 12.6. The molecule has 0 saturated heterocycles. The lowest BCUT2D eigenvalue weighted by Crippen LogP contribution is -2.46. The molecule has 1 saturated carbocycles. The third kappa shape index (κ3) is 2.37. The molecule has 0 unspecified atom stereocenters. The highest BCUT2D eigenvalue weighted by atomic mass is 16.2. The fourth-order valence-electron chi connectivity index (χ4n) is 3.32. The lowest BCUT2D eigenvalue weighted by atomic mass is 10.00. The van der Waals surface area contributed by atoms with Crippen molar-refractivity contribution in [3.05, 3.63) is 71.3 Å². The number of hydrogen-bond donors (Lipinski definition) is 1. The van der Waals surface area contributed by atoms with Gasteiger partial charge in [0, 0.05) is 13.1 Å². The van der Waals surface area contributed by atoms with Gasteiger partial charge in [0.2, 0.25) is 0 Å². The van der Waals surface area contributed by atoms with E-state index in [0.717, 1.165) is 25.8 Å². The van der Waals surface area contributed by atoms with Gasteiger partial charge in [-0.3, -0.25) is 0 Å². The van der Waals surface area contributed by atoms with Crippen molar-refractivity contribution in [3.63, 3.8) is 0 Å². The maximum absolute atomic E-state index is 12.7. The van der Waals surface area contributed by atoms with Crippen molar-refractivity contribution in [2.24, 2.45) is 0 Å². The number of carbonyl (C=O) groups is 1. The van der Waals surface area contributed by atoms with E-state index in [-0.39, 0.29) is 11.6 Å². The van der Waals surface area contributed by atoms with E-state index in [1.807, 2.05) is 29.2 Å². The molecule has 112 valence electrons. The van der Waals surface area contributed by atoms with Crippen molar-refractivity contribution in [2.75, 3.05) is 6.54 Å². The van der Waals surface area contributed by atoms with E-state index in [2.05, 4.69) is 35.6 Å². The van der Waals surface area contributed by atoms with Crippen LogP contribution in [0.3, 0.4) is 0 Å². The Kier molecular flexibility index (Phi) is 3.14. The number of nitrogens with zero attached hydrogens (tertiary/aromatic N) is 1. The standard InChI is InChI=1S/C19H20N2O/c22-18(20-19(11-12-19)17-8-2-1-3-9-17)21-13-10-15-6-4-5-7-16(15)14-21/h1-9H,10-14H2,(H,20,22). The van der Waals surface area contributed by atoms with Crippen molar-refractivity contribution in [3.8, 4) is 0 Å². The molecule has 2 aromatic rings. The molecule has 1 aliphatic carbocycles. The van der Waals surface area contributed by atoms with Gasteiger partial charge in [0.05, 0.1) is 5.54 Å². The molecule has 1 aliphatic heterocycles. The van der Waals surface area contributed by atoms with E-state index in [1.54, 1.807) is 0 Å². The predicted molar refractivity (Wildman–Crippen MR) is 86.4 cm³/mol.